The summed E-state index contributed by atoms with van der Waals surface area (Å²) in [5, 5.41) is 0.408. The van der Waals surface area contributed by atoms with E-state index in [2.05, 4.69) is 0 Å². The van der Waals surface area contributed by atoms with Crippen molar-refractivity contribution in [2.24, 2.45) is 0 Å². The van der Waals surface area contributed by atoms with Crippen molar-refractivity contribution in [3.63, 3.8) is 0 Å². The minimum absolute atomic E-state index is 0.235. The summed E-state index contributed by atoms with van der Waals surface area (Å²) in [7, 11) is 1.36. The van der Waals surface area contributed by atoms with Crippen molar-refractivity contribution >= 4 is 23.2 Å². The van der Waals surface area contributed by atoms with Gasteiger partial charge in [-0.3, -0.25) is 0 Å². The van der Waals surface area contributed by atoms with Gasteiger partial charge in [0, 0.05) is 11.1 Å². The molecule has 0 radical (unpaired) electrons. The zero-order chi connectivity index (χ0) is 14.4. The lowest BCUT2D eigenvalue weighted by molar-refractivity contribution is 0.0597. The standard InChI is InChI=1S/C16H14O3S/c1-18-15(17)14-10-6-5-9-13(14)11-19-16(20)12-7-3-2-4-8-12/h2-10H,11H2,1H3. The molecule has 102 valence electrons. The van der Waals surface area contributed by atoms with Gasteiger partial charge >= 0.3 is 5.97 Å². The number of carbonyl (C=O) groups excluding carboxylic acids is 1. The van der Waals surface area contributed by atoms with Crippen LogP contribution in [0, 0.1) is 0 Å². The Bertz CT molecular complexity index is 608. The molecule has 0 saturated heterocycles. The fraction of sp³-hybridized carbons (Fsp3) is 0.125. The lowest BCUT2D eigenvalue weighted by Crippen LogP contribution is -2.09. The van der Waals surface area contributed by atoms with E-state index >= 15 is 0 Å². The van der Waals surface area contributed by atoms with Crippen molar-refractivity contribution in [1.29, 1.82) is 0 Å². The van der Waals surface area contributed by atoms with Crippen molar-refractivity contribution in [2.75, 3.05) is 7.11 Å². The number of ether oxygens (including phenoxy) is 2. The number of benzene rings is 2. The number of rotatable bonds is 4. The maximum atomic E-state index is 11.6. The van der Waals surface area contributed by atoms with E-state index in [0.29, 0.717) is 10.6 Å². The summed E-state index contributed by atoms with van der Waals surface area (Å²) >= 11 is 5.22. The largest absolute Gasteiger partial charge is 0.478 e. The molecule has 0 unspecified atom stereocenters. The molecule has 4 heteroatoms. The van der Waals surface area contributed by atoms with E-state index in [9.17, 15) is 4.79 Å². The van der Waals surface area contributed by atoms with Gasteiger partial charge in [-0.05, 0) is 18.3 Å². The smallest absolute Gasteiger partial charge is 0.338 e. The zero-order valence-corrected chi connectivity index (χ0v) is 11.9. The zero-order valence-electron chi connectivity index (χ0n) is 11.0. The second-order valence-electron chi connectivity index (χ2n) is 4.09. The first-order chi connectivity index (χ1) is 9.72. The van der Waals surface area contributed by atoms with Crippen LogP contribution in [0.1, 0.15) is 21.5 Å². The highest BCUT2D eigenvalue weighted by Crippen LogP contribution is 2.13. The minimum atomic E-state index is -0.380. The van der Waals surface area contributed by atoms with Gasteiger partial charge in [0.15, 0.2) is 5.05 Å². The predicted octanol–water partition coefficient (Wildman–Crippen LogP) is 3.37. The van der Waals surface area contributed by atoms with Gasteiger partial charge < -0.3 is 9.47 Å². The van der Waals surface area contributed by atoms with Crippen LogP contribution >= 0.6 is 12.2 Å². The van der Waals surface area contributed by atoms with E-state index < -0.39 is 0 Å². The van der Waals surface area contributed by atoms with Gasteiger partial charge in [0.25, 0.3) is 0 Å². The van der Waals surface area contributed by atoms with E-state index in [1.54, 1.807) is 12.1 Å². The summed E-state index contributed by atoms with van der Waals surface area (Å²) in [6.45, 7) is 0.235. The summed E-state index contributed by atoms with van der Waals surface area (Å²) in [5.41, 5.74) is 2.08. The summed E-state index contributed by atoms with van der Waals surface area (Å²) < 4.78 is 10.3. The second kappa shape index (κ2) is 6.82. The Balaban J connectivity index is 2.08. The molecule has 0 fully saturated rings. The van der Waals surface area contributed by atoms with Crippen LogP contribution < -0.4 is 0 Å². The molecule has 20 heavy (non-hydrogen) atoms. The molecule has 0 aromatic heterocycles. The maximum absolute atomic E-state index is 11.6. The van der Waals surface area contributed by atoms with Crippen LogP contribution in [0.2, 0.25) is 0 Å². The second-order valence-corrected chi connectivity index (χ2v) is 4.46. The topological polar surface area (TPSA) is 35.5 Å². The number of hydrogen-bond acceptors (Lipinski definition) is 4. The van der Waals surface area contributed by atoms with Crippen molar-refractivity contribution in [1.82, 2.24) is 0 Å². The Morgan fingerprint density at radius 1 is 1.05 bits per heavy atom. The molecule has 0 amide bonds. The molecule has 2 rings (SSSR count). The lowest BCUT2D eigenvalue weighted by Gasteiger charge is -2.10. The molecule has 3 nitrogen and oxygen atoms in total. The van der Waals surface area contributed by atoms with Gasteiger partial charge in [0.1, 0.15) is 6.61 Å². The van der Waals surface area contributed by atoms with Crippen LogP contribution in [-0.2, 0) is 16.1 Å². The fourth-order valence-electron chi connectivity index (χ4n) is 1.76. The molecule has 2 aromatic carbocycles. The molecule has 0 heterocycles. The summed E-state index contributed by atoms with van der Waals surface area (Å²) in [6.07, 6.45) is 0. The molecule has 0 atom stereocenters. The Kier molecular flexibility index (Phi) is 4.85. The number of thiocarbonyl (C=S) groups is 1. The van der Waals surface area contributed by atoms with E-state index in [-0.39, 0.29) is 12.6 Å². The maximum Gasteiger partial charge on any atom is 0.338 e. The van der Waals surface area contributed by atoms with Crippen LogP contribution in [0.3, 0.4) is 0 Å². The third-order valence-electron chi connectivity index (χ3n) is 2.79. The molecule has 0 N–H and O–H groups in total. The van der Waals surface area contributed by atoms with E-state index in [1.807, 2.05) is 42.5 Å². The number of carbonyl (C=O) groups is 1. The highest BCUT2D eigenvalue weighted by atomic mass is 32.1. The average molecular weight is 286 g/mol. The fourth-order valence-corrected chi connectivity index (χ4v) is 1.95. The summed E-state index contributed by atoms with van der Waals surface area (Å²) in [5.74, 6) is -0.380. The number of esters is 1. The molecular weight excluding hydrogens is 272 g/mol. The molecule has 0 aliphatic carbocycles. The number of hydrogen-bond donors (Lipinski definition) is 0. The Labute approximate surface area is 123 Å². The van der Waals surface area contributed by atoms with Crippen molar-refractivity contribution < 1.29 is 14.3 Å². The van der Waals surface area contributed by atoms with Crippen LogP contribution in [0.5, 0.6) is 0 Å². The first kappa shape index (κ1) is 14.2. The third-order valence-corrected chi connectivity index (χ3v) is 3.14. The van der Waals surface area contributed by atoms with Gasteiger partial charge in [-0.1, -0.05) is 48.5 Å². The first-order valence-corrected chi connectivity index (χ1v) is 6.51. The van der Waals surface area contributed by atoms with Crippen molar-refractivity contribution in [3.8, 4) is 0 Å². The molecular formula is C16H14O3S. The minimum Gasteiger partial charge on any atom is -0.478 e. The van der Waals surface area contributed by atoms with Gasteiger partial charge in [-0.15, -0.1) is 0 Å². The lowest BCUT2D eigenvalue weighted by atomic mass is 10.1. The van der Waals surface area contributed by atoms with Gasteiger partial charge in [0.2, 0.25) is 0 Å². The van der Waals surface area contributed by atoms with Gasteiger partial charge in [-0.2, -0.15) is 0 Å². The predicted molar refractivity (Wildman–Crippen MR) is 80.7 cm³/mol. The normalized spacial score (nSPS) is 9.85. The van der Waals surface area contributed by atoms with Crippen molar-refractivity contribution in [3.05, 3.63) is 71.3 Å². The van der Waals surface area contributed by atoms with Crippen LogP contribution in [-0.4, -0.2) is 18.1 Å². The van der Waals surface area contributed by atoms with Crippen LogP contribution in [0.25, 0.3) is 0 Å². The highest BCUT2D eigenvalue weighted by molar-refractivity contribution is 7.80. The van der Waals surface area contributed by atoms with E-state index in [0.717, 1.165) is 11.1 Å². The highest BCUT2D eigenvalue weighted by Gasteiger charge is 2.12. The summed E-state index contributed by atoms with van der Waals surface area (Å²) in [4.78, 5) is 11.6. The van der Waals surface area contributed by atoms with E-state index in [4.69, 9.17) is 21.7 Å². The van der Waals surface area contributed by atoms with Gasteiger partial charge in [-0.25, -0.2) is 4.79 Å². The molecule has 0 bridgehead atoms. The quantitative estimate of drug-likeness (QED) is 0.637. The molecule has 0 aliphatic rings. The molecule has 2 aromatic rings. The van der Waals surface area contributed by atoms with Crippen LogP contribution in [0.15, 0.2) is 54.6 Å². The SMILES string of the molecule is COC(=O)c1ccccc1COC(=S)c1ccccc1. The van der Waals surface area contributed by atoms with Crippen molar-refractivity contribution in [2.45, 2.75) is 6.61 Å². The third kappa shape index (κ3) is 3.42. The first-order valence-electron chi connectivity index (χ1n) is 6.11. The molecule has 0 saturated carbocycles. The Morgan fingerprint density at radius 2 is 1.70 bits per heavy atom. The van der Waals surface area contributed by atoms with E-state index in [1.165, 1.54) is 7.11 Å². The Morgan fingerprint density at radius 3 is 2.40 bits per heavy atom. The monoisotopic (exact) mass is 286 g/mol. The van der Waals surface area contributed by atoms with Crippen LogP contribution in [0.4, 0.5) is 0 Å². The number of methoxy groups -OCH3 is 1. The summed E-state index contributed by atoms with van der Waals surface area (Å²) in [6, 6.07) is 16.6. The Hall–Kier alpha value is -2.20. The molecule has 0 aliphatic heterocycles. The molecule has 0 spiro atoms. The average Bonchev–Trinajstić information content (AvgIpc) is 2.53. The van der Waals surface area contributed by atoms with Gasteiger partial charge in [0.05, 0.1) is 12.7 Å².